The van der Waals surface area contributed by atoms with Gasteiger partial charge in [0.05, 0.1) is 5.56 Å². The van der Waals surface area contributed by atoms with E-state index in [1.54, 1.807) is 24.5 Å². The molecule has 2 N–H and O–H groups in total. The van der Waals surface area contributed by atoms with Gasteiger partial charge in [0, 0.05) is 51.7 Å². The van der Waals surface area contributed by atoms with E-state index in [0.717, 1.165) is 38.8 Å². The number of aliphatic carboxylic acids is 2. The van der Waals surface area contributed by atoms with Gasteiger partial charge in [0.25, 0.3) is 0 Å². The summed E-state index contributed by atoms with van der Waals surface area (Å²) in [6.45, 7) is 4.47. The highest BCUT2D eigenvalue weighted by molar-refractivity contribution is 6.27. The van der Waals surface area contributed by atoms with Crippen molar-refractivity contribution in [2.45, 2.75) is 19.3 Å². The van der Waals surface area contributed by atoms with Gasteiger partial charge in [0.2, 0.25) is 0 Å². The van der Waals surface area contributed by atoms with Crippen LogP contribution in [-0.4, -0.2) is 63.1 Å². The molecule has 0 radical (unpaired) electrons. The minimum Gasteiger partial charge on any atom is -0.473 e. The first kappa shape index (κ1) is 23.3. The fourth-order valence-corrected chi connectivity index (χ4v) is 3.03. The summed E-state index contributed by atoms with van der Waals surface area (Å²) in [6.07, 6.45) is -0.737. The molecule has 0 unspecified atom stereocenters. The van der Waals surface area contributed by atoms with E-state index in [-0.39, 0.29) is 0 Å². The Morgan fingerprint density at radius 3 is 1.87 bits per heavy atom. The second kappa shape index (κ2) is 10.7. The van der Waals surface area contributed by atoms with E-state index in [2.05, 4.69) is 14.8 Å². The molecule has 0 amide bonds. The van der Waals surface area contributed by atoms with E-state index in [1.807, 2.05) is 12.1 Å². The van der Waals surface area contributed by atoms with Crippen LogP contribution in [0.4, 0.5) is 13.2 Å². The predicted molar refractivity (Wildman–Crippen MR) is 102 cm³/mol. The number of rotatable bonds is 4. The topological polar surface area (TPSA) is 94.0 Å². The van der Waals surface area contributed by atoms with Gasteiger partial charge < -0.3 is 10.2 Å². The Morgan fingerprint density at radius 1 is 0.867 bits per heavy atom. The molecule has 1 fully saturated rings. The Morgan fingerprint density at radius 2 is 1.37 bits per heavy atom. The lowest BCUT2D eigenvalue weighted by atomic mass is 10.1. The number of hydrogen-bond donors (Lipinski definition) is 2. The number of halogens is 3. The number of alkyl halides is 3. The number of pyridine rings is 1. The van der Waals surface area contributed by atoms with E-state index in [0.29, 0.717) is 12.1 Å². The van der Waals surface area contributed by atoms with Gasteiger partial charge in [-0.15, -0.1) is 0 Å². The summed E-state index contributed by atoms with van der Waals surface area (Å²) in [5, 5.41) is 14.8. The Labute approximate surface area is 171 Å². The van der Waals surface area contributed by atoms with Gasteiger partial charge >= 0.3 is 18.1 Å². The number of nitrogens with zero attached hydrogens (tertiary/aromatic N) is 3. The number of aromatic nitrogens is 1. The van der Waals surface area contributed by atoms with Crippen molar-refractivity contribution in [3.8, 4) is 0 Å². The first-order chi connectivity index (χ1) is 14.2. The maximum absolute atomic E-state index is 13.1. The maximum Gasteiger partial charge on any atom is 0.416 e. The van der Waals surface area contributed by atoms with Gasteiger partial charge in [-0.25, -0.2) is 9.59 Å². The first-order valence-corrected chi connectivity index (χ1v) is 9.11. The van der Waals surface area contributed by atoms with Crippen LogP contribution in [0.15, 0.2) is 48.8 Å². The van der Waals surface area contributed by atoms with E-state index >= 15 is 0 Å². The molecule has 1 aromatic carbocycles. The molecule has 0 bridgehead atoms. The van der Waals surface area contributed by atoms with Gasteiger partial charge in [-0.05, 0) is 29.3 Å². The molecule has 0 aliphatic carbocycles. The second-order valence-corrected chi connectivity index (χ2v) is 6.67. The Balaban J connectivity index is 0.000000469. The summed E-state index contributed by atoms with van der Waals surface area (Å²) in [5.41, 5.74) is 1.04. The average Bonchev–Trinajstić information content (AvgIpc) is 2.70. The number of benzene rings is 1. The molecule has 1 aromatic heterocycles. The van der Waals surface area contributed by atoms with Crippen molar-refractivity contribution in [2.75, 3.05) is 26.2 Å². The van der Waals surface area contributed by atoms with Gasteiger partial charge in [-0.2, -0.15) is 13.2 Å². The van der Waals surface area contributed by atoms with Crippen molar-refractivity contribution in [3.05, 3.63) is 65.5 Å². The third-order valence-corrected chi connectivity index (χ3v) is 4.52. The Kier molecular flexibility index (Phi) is 8.31. The van der Waals surface area contributed by atoms with Gasteiger partial charge in [0.1, 0.15) is 0 Å². The highest BCUT2D eigenvalue weighted by Gasteiger charge is 2.33. The molecule has 162 valence electrons. The van der Waals surface area contributed by atoms with Crippen LogP contribution in [0.5, 0.6) is 0 Å². The zero-order valence-electron chi connectivity index (χ0n) is 16.0. The summed E-state index contributed by atoms with van der Waals surface area (Å²) in [4.78, 5) is 26.6. The lowest BCUT2D eigenvalue weighted by molar-refractivity contribution is -0.159. The molecular formula is C20H22F3N3O4. The van der Waals surface area contributed by atoms with Crippen LogP contribution in [0, 0.1) is 0 Å². The second-order valence-electron chi connectivity index (χ2n) is 6.67. The van der Waals surface area contributed by atoms with Gasteiger partial charge in [-0.3, -0.25) is 14.8 Å². The van der Waals surface area contributed by atoms with Crippen molar-refractivity contribution < 1.29 is 33.0 Å². The maximum atomic E-state index is 13.1. The molecule has 2 heterocycles. The van der Waals surface area contributed by atoms with Crippen LogP contribution in [0.3, 0.4) is 0 Å². The molecule has 1 saturated heterocycles. The highest BCUT2D eigenvalue weighted by atomic mass is 19.4. The molecule has 10 heteroatoms. The van der Waals surface area contributed by atoms with Crippen LogP contribution in [0.1, 0.15) is 16.7 Å². The van der Waals surface area contributed by atoms with Gasteiger partial charge in [-0.1, -0.05) is 18.2 Å². The van der Waals surface area contributed by atoms with Crippen LogP contribution in [-0.2, 0) is 28.9 Å². The van der Waals surface area contributed by atoms with E-state index in [1.165, 1.54) is 11.6 Å². The van der Waals surface area contributed by atoms with Crippen LogP contribution < -0.4 is 0 Å². The molecule has 3 rings (SSSR count). The largest absolute Gasteiger partial charge is 0.473 e. The van der Waals surface area contributed by atoms with Crippen LogP contribution in [0.2, 0.25) is 0 Å². The third-order valence-electron chi connectivity index (χ3n) is 4.52. The number of hydrogen-bond acceptors (Lipinski definition) is 5. The SMILES string of the molecule is FC(F)(F)c1ccccc1CN1CCN(Cc2ccncc2)CC1.O=C(O)C(=O)O. The average molecular weight is 425 g/mol. The minimum absolute atomic E-state index is 0.346. The Hall–Kier alpha value is -2.98. The first-order valence-electron chi connectivity index (χ1n) is 9.11. The van der Waals surface area contributed by atoms with Crippen molar-refractivity contribution in [2.24, 2.45) is 0 Å². The summed E-state index contributed by atoms with van der Waals surface area (Å²) >= 11 is 0. The van der Waals surface area contributed by atoms with Crippen LogP contribution in [0.25, 0.3) is 0 Å². The fourth-order valence-electron chi connectivity index (χ4n) is 3.03. The molecule has 0 atom stereocenters. The van der Waals surface area contributed by atoms with Crippen LogP contribution >= 0.6 is 0 Å². The van der Waals surface area contributed by atoms with Crippen molar-refractivity contribution in [1.29, 1.82) is 0 Å². The molecule has 1 aliphatic heterocycles. The zero-order chi connectivity index (χ0) is 22.1. The quantitative estimate of drug-likeness (QED) is 0.727. The Bertz CT molecular complexity index is 827. The standard InChI is InChI=1S/C18H20F3N3.C2H2O4/c19-18(20,21)17-4-2-1-3-16(17)14-24-11-9-23(10-12-24)13-15-5-7-22-8-6-15;3-1(4)2(5)6/h1-8H,9-14H2;(H,3,4)(H,5,6). The molecule has 1 aliphatic rings. The number of piperazine rings is 1. The minimum atomic E-state index is -4.29. The highest BCUT2D eigenvalue weighted by Crippen LogP contribution is 2.32. The van der Waals surface area contributed by atoms with Gasteiger partial charge in [0.15, 0.2) is 0 Å². The molecule has 7 nitrogen and oxygen atoms in total. The third kappa shape index (κ3) is 7.45. The fraction of sp³-hybridized carbons (Fsp3) is 0.350. The number of carbonyl (C=O) groups is 2. The molecule has 2 aromatic rings. The zero-order valence-corrected chi connectivity index (χ0v) is 16.0. The predicted octanol–water partition coefficient (Wildman–Crippen LogP) is 2.57. The van der Waals surface area contributed by atoms with E-state index in [9.17, 15) is 13.2 Å². The monoisotopic (exact) mass is 425 g/mol. The number of carboxylic acids is 2. The number of carboxylic acid groups (broad SMARTS) is 2. The van der Waals surface area contributed by atoms with Crippen molar-refractivity contribution >= 4 is 11.9 Å². The smallest absolute Gasteiger partial charge is 0.416 e. The summed E-state index contributed by atoms with van der Waals surface area (Å²) < 4.78 is 39.2. The molecular weight excluding hydrogens is 403 g/mol. The molecule has 0 spiro atoms. The summed E-state index contributed by atoms with van der Waals surface area (Å²) in [7, 11) is 0. The van der Waals surface area contributed by atoms with Crippen molar-refractivity contribution in [1.82, 2.24) is 14.8 Å². The van der Waals surface area contributed by atoms with E-state index in [4.69, 9.17) is 19.8 Å². The van der Waals surface area contributed by atoms with E-state index < -0.39 is 23.7 Å². The lowest BCUT2D eigenvalue weighted by Crippen LogP contribution is -2.45. The molecule has 0 saturated carbocycles. The lowest BCUT2D eigenvalue weighted by Gasteiger charge is -2.35. The molecule has 30 heavy (non-hydrogen) atoms. The van der Waals surface area contributed by atoms with Crippen molar-refractivity contribution in [3.63, 3.8) is 0 Å². The normalized spacial score (nSPS) is 15.2. The summed E-state index contributed by atoms with van der Waals surface area (Å²) in [5.74, 6) is -3.65. The summed E-state index contributed by atoms with van der Waals surface area (Å²) in [6, 6.07) is 9.84.